The molecule has 0 saturated carbocycles. The maximum Gasteiger partial charge on any atom is 0.177 e. The average Bonchev–Trinajstić information content (AvgIpc) is 2.96. The Morgan fingerprint density at radius 3 is 2.50 bits per heavy atom. The second-order valence-corrected chi connectivity index (χ2v) is 6.74. The third-order valence-electron chi connectivity index (χ3n) is 3.15. The van der Waals surface area contributed by atoms with Crippen LogP contribution in [-0.2, 0) is 9.84 Å². The number of pyridine rings is 1. The molecule has 0 unspecified atom stereocenters. The fourth-order valence-electron chi connectivity index (χ4n) is 2.06. The van der Waals surface area contributed by atoms with Crippen molar-refractivity contribution in [3.63, 3.8) is 0 Å². The van der Waals surface area contributed by atoms with Crippen molar-refractivity contribution in [1.82, 2.24) is 14.5 Å². The van der Waals surface area contributed by atoms with E-state index < -0.39 is 9.84 Å². The Hall–Kier alpha value is -2.54. The molecular weight excluding hydrogens is 305 g/mol. The maximum absolute atomic E-state index is 13.9. The lowest BCUT2D eigenvalue weighted by Gasteiger charge is -2.08. The first-order valence-corrected chi connectivity index (χ1v) is 8.31. The normalized spacial score (nSPS) is 11.5. The Kier molecular flexibility index (Phi) is 3.50. The van der Waals surface area contributed by atoms with Crippen molar-refractivity contribution in [2.75, 3.05) is 6.26 Å². The molecule has 112 valence electrons. The van der Waals surface area contributed by atoms with E-state index in [2.05, 4.69) is 9.97 Å². The minimum Gasteiger partial charge on any atom is -0.284 e. The Morgan fingerprint density at radius 2 is 1.86 bits per heavy atom. The number of hydrogen-bond acceptors (Lipinski definition) is 4. The van der Waals surface area contributed by atoms with Gasteiger partial charge in [0.05, 0.1) is 10.5 Å². The summed E-state index contributed by atoms with van der Waals surface area (Å²) in [5.41, 5.74) is 0.349. The van der Waals surface area contributed by atoms with Crippen molar-refractivity contribution in [3.8, 4) is 17.2 Å². The number of imidazole rings is 1. The number of halogens is 1. The Balaban J connectivity index is 2.08. The molecule has 3 aromatic rings. The highest BCUT2D eigenvalue weighted by atomic mass is 32.2. The smallest absolute Gasteiger partial charge is 0.177 e. The quantitative estimate of drug-likeness (QED) is 0.744. The minimum absolute atomic E-state index is 0.129. The van der Waals surface area contributed by atoms with E-state index in [1.165, 1.54) is 24.5 Å². The SMILES string of the molecule is CS(=O)(=O)c1ccc(-n2ccnc2-c2ccccc2F)nc1. The number of aromatic nitrogens is 3. The highest BCUT2D eigenvalue weighted by Crippen LogP contribution is 2.23. The van der Waals surface area contributed by atoms with Gasteiger partial charge in [0.2, 0.25) is 0 Å². The van der Waals surface area contributed by atoms with Gasteiger partial charge in [-0.25, -0.2) is 22.8 Å². The summed E-state index contributed by atoms with van der Waals surface area (Å²) in [4.78, 5) is 8.41. The van der Waals surface area contributed by atoms with Crippen molar-refractivity contribution in [2.45, 2.75) is 4.90 Å². The van der Waals surface area contributed by atoms with E-state index in [9.17, 15) is 12.8 Å². The van der Waals surface area contributed by atoms with Crippen LogP contribution in [0.2, 0.25) is 0 Å². The summed E-state index contributed by atoms with van der Waals surface area (Å²) in [6.45, 7) is 0. The molecule has 1 aromatic carbocycles. The summed E-state index contributed by atoms with van der Waals surface area (Å²) in [6.07, 6.45) is 5.57. The molecule has 0 bridgehead atoms. The summed E-state index contributed by atoms with van der Waals surface area (Å²) in [5.74, 6) is 0.476. The standard InChI is InChI=1S/C15H12FN3O2S/c1-22(20,21)11-6-7-14(18-10-11)19-9-8-17-15(19)12-4-2-3-5-13(12)16/h2-10H,1H3. The lowest BCUT2D eigenvalue weighted by Crippen LogP contribution is -2.03. The van der Waals surface area contributed by atoms with E-state index >= 15 is 0 Å². The van der Waals surface area contributed by atoms with E-state index in [1.807, 2.05) is 0 Å². The molecule has 7 heteroatoms. The minimum atomic E-state index is -3.30. The van der Waals surface area contributed by atoms with E-state index in [-0.39, 0.29) is 10.7 Å². The average molecular weight is 317 g/mol. The van der Waals surface area contributed by atoms with E-state index in [4.69, 9.17) is 0 Å². The second kappa shape index (κ2) is 5.34. The molecule has 5 nitrogen and oxygen atoms in total. The van der Waals surface area contributed by atoms with Crippen LogP contribution >= 0.6 is 0 Å². The van der Waals surface area contributed by atoms with Crippen molar-refractivity contribution < 1.29 is 12.8 Å². The summed E-state index contributed by atoms with van der Waals surface area (Å²) < 4.78 is 38.4. The highest BCUT2D eigenvalue weighted by Gasteiger charge is 2.13. The molecule has 0 aliphatic carbocycles. The Bertz CT molecular complexity index is 918. The lowest BCUT2D eigenvalue weighted by molar-refractivity contribution is 0.601. The predicted molar refractivity (Wildman–Crippen MR) is 79.9 cm³/mol. The van der Waals surface area contributed by atoms with Crippen LogP contribution in [0.5, 0.6) is 0 Å². The fraction of sp³-hybridized carbons (Fsp3) is 0.0667. The van der Waals surface area contributed by atoms with Crippen LogP contribution < -0.4 is 0 Å². The summed E-state index contributed by atoms with van der Waals surface area (Å²) in [6, 6.07) is 9.32. The van der Waals surface area contributed by atoms with Crippen molar-refractivity contribution >= 4 is 9.84 Å². The highest BCUT2D eigenvalue weighted by molar-refractivity contribution is 7.90. The van der Waals surface area contributed by atoms with Gasteiger partial charge in [-0.3, -0.25) is 4.57 Å². The van der Waals surface area contributed by atoms with E-state index in [0.717, 1.165) is 6.26 Å². The molecule has 0 aliphatic rings. The maximum atomic E-state index is 13.9. The number of sulfone groups is 1. The molecule has 0 N–H and O–H groups in total. The number of benzene rings is 1. The molecule has 0 fully saturated rings. The first kappa shape index (κ1) is 14.4. The molecule has 22 heavy (non-hydrogen) atoms. The van der Waals surface area contributed by atoms with Gasteiger partial charge in [-0.15, -0.1) is 0 Å². The summed E-state index contributed by atoms with van der Waals surface area (Å²) in [7, 11) is -3.30. The summed E-state index contributed by atoms with van der Waals surface area (Å²) >= 11 is 0. The summed E-state index contributed by atoms with van der Waals surface area (Å²) in [5, 5.41) is 0. The molecule has 0 spiro atoms. The number of rotatable bonds is 3. The van der Waals surface area contributed by atoms with Gasteiger partial charge in [0.25, 0.3) is 0 Å². The molecule has 2 heterocycles. The van der Waals surface area contributed by atoms with Crippen LogP contribution in [0.4, 0.5) is 4.39 Å². The zero-order chi connectivity index (χ0) is 15.7. The first-order chi connectivity index (χ1) is 10.5. The number of nitrogens with zero attached hydrogens (tertiary/aromatic N) is 3. The zero-order valence-corrected chi connectivity index (χ0v) is 12.5. The Morgan fingerprint density at radius 1 is 1.09 bits per heavy atom. The van der Waals surface area contributed by atoms with Crippen molar-refractivity contribution in [1.29, 1.82) is 0 Å². The van der Waals surface area contributed by atoms with Gasteiger partial charge in [0.15, 0.2) is 9.84 Å². The van der Waals surface area contributed by atoms with E-state index in [1.54, 1.807) is 35.0 Å². The van der Waals surface area contributed by atoms with E-state index in [0.29, 0.717) is 17.2 Å². The first-order valence-electron chi connectivity index (χ1n) is 6.41. The molecule has 2 aromatic heterocycles. The molecular formula is C15H12FN3O2S. The van der Waals surface area contributed by atoms with Gasteiger partial charge in [-0.05, 0) is 24.3 Å². The third-order valence-corrected chi connectivity index (χ3v) is 4.25. The lowest BCUT2D eigenvalue weighted by atomic mass is 10.2. The van der Waals surface area contributed by atoms with Gasteiger partial charge >= 0.3 is 0 Å². The molecule has 0 atom stereocenters. The molecule has 0 aliphatic heterocycles. The van der Waals surface area contributed by atoms with Crippen LogP contribution in [0.1, 0.15) is 0 Å². The van der Waals surface area contributed by atoms with Gasteiger partial charge in [-0.1, -0.05) is 12.1 Å². The third kappa shape index (κ3) is 2.62. The van der Waals surface area contributed by atoms with Crippen LogP contribution in [0, 0.1) is 5.82 Å². The number of hydrogen-bond donors (Lipinski definition) is 0. The molecule has 0 amide bonds. The largest absolute Gasteiger partial charge is 0.284 e. The molecule has 0 saturated heterocycles. The monoisotopic (exact) mass is 317 g/mol. The van der Waals surface area contributed by atoms with Crippen LogP contribution in [0.15, 0.2) is 59.9 Å². The van der Waals surface area contributed by atoms with Crippen molar-refractivity contribution in [2.24, 2.45) is 0 Å². The molecule has 3 rings (SSSR count). The van der Waals surface area contributed by atoms with Gasteiger partial charge in [-0.2, -0.15) is 0 Å². The molecule has 0 radical (unpaired) electrons. The van der Waals surface area contributed by atoms with Crippen LogP contribution in [-0.4, -0.2) is 29.2 Å². The van der Waals surface area contributed by atoms with Gasteiger partial charge in [0, 0.05) is 24.8 Å². The van der Waals surface area contributed by atoms with Gasteiger partial charge < -0.3 is 0 Å². The van der Waals surface area contributed by atoms with Crippen LogP contribution in [0.25, 0.3) is 17.2 Å². The zero-order valence-electron chi connectivity index (χ0n) is 11.6. The second-order valence-electron chi connectivity index (χ2n) is 4.72. The topological polar surface area (TPSA) is 64.8 Å². The Labute approximate surface area is 127 Å². The fourth-order valence-corrected chi connectivity index (χ4v) is 2.62. The van der Waals surface area contributed by atoms with Gasteiger partial charge in [0.1, 0.15) is 17.5 Å². The van der Waals surface area contributed by atoms with Crippen LogP contribution in [0.3, 0.4) is 0 Å². The van der Waals surface area contributed by atoms with Crippen molar-refractivity contribution in [3.05, 3.63) is 60.8 Å². The predicted octanol–water partition coefficient (Wildman–Crippen LogP) is 2.48.